The molecule has 0 radical (unpaired) electrons. The van der Waals surface area contributed by atoms with Crippen molar-refractivity contribution >= 4 is 5.91 Å². The maximum absolute atomic E-state index is 12.8. The first-order valence-corrected chi connectivity index (χ1v) is 8.13. The fraction of sp³-hybridized carbons (Fsp3) is 0.688. The number of amides is 1. The summed E-state index contributed by atoms with van der Waals surface area (Å²) in [5.74, 6) is 0.947. The minimum atomic E-state index is -0.0797. The fourth-order valence-electron chi connectivity index (χ4n) is 2.78. The highest BCUT2D eigenvalue weighted by molar-refractivity contribution is 5.92. The standard InChI is InChI=1S/C16H24N4O3/c1-19-7-8-23-13(10-19)11-20(9-12-3-4-12)16(21)14-5-6-15(22-2)18-17-14/h5-6,12-13H,3-4,7-11H2,1-2H3/t13-/m0/s1. The van der Waals surface area contributed by atoms with Crippen molar-refractivity contribution in [3.8, 4) is 5.88 Å². The monoisotopic (exact) mass is 320 g/mol. The number of ether oxygens (including phenoxy) is 2. The topological polar surface area (TPSA) is 67.8 Å². The van der Waals surface area contributed by atoms with Gasteiger partial charge in [0.2, 0.25) is 5.88 Å². The van der Waals surface area contributed by atoms with Gasteiger partial charge in [0.1, 0.15) is 0 Å². The highest BCUT2D eigenvalue weighted by Crippen LogP contribution is 2.30. The van der Waals surface area contributed by atoms with Crippen LogP contribution >= 0.6 is 0 Å². The number of aromatic nitrogens is 2. The third-order valence-corrected chi connectivity index (χ3v) is 4.30. The van der Waals surface area contributed by atoms with E-state index < -0.39 is 0 Å². The van der Waals surface area contributed by atoms with E-state index in [9.17, 15) is 4.79 Å². The van der Waals surface area contributed by atoms with Gasteiger partial charge in [-0.05, 0) is 31.9 Å². The quantitative estimate of drug-likeness (QED) is 0.767. The van der Waals surface area contributed by atoms with Crippen molar-refractivity contribution in [2.24, 2.45) is 5.92 Å². The molecule has 1 atom stereocenters. The molecule has 2 aliphatic rings. The number of hydrogen-bond donors (Lipinski definition) is 0. The van der Waals surface area contributed by atoms with Crippen LogP contribution in [-0.4, -0.2) is 79.0 Å². The molecule has 0 bridgehead atoms. The van der Waals surface area contributed by atoms with Gasteiger partial charge in [0.25, 0.3) is 5.91 Å². The van der Waals surface area contributed by atoms with Crippen LogP contribution in [0.3, 0.4) is 0 Å². The van der Waals surface area contributed by atoms with Crippen LogP contribution in [0, 0.1) is 5.92 Å². The van der Waals surface area contributed by atoms with Crippen LogP contribution in [0.15, 0.2) is 12.1 Å². The molecule has 2 heterocycles. The zero-order chi connectivity index (χ0) is 16.2. The largest absolute Gasteiger partial charge is 0.480 e. The number of carbonyl (C=O) groups excluding carboxylic acids is 1. The lowest BCUT2D eigenvalue weighted by atomic mass is 10.2. The zero-order valence-electron chi connectivity index (χ0n) is 13.8. The summed E-state index contributed by atoms with van der Waals surface area (Å²) < 4.78 is 10.8. The van der Waals surface area contributed by atoms with E-state index in [0.29, 0.717) is 24.0 Å². The molecule has 1 aliphatic carbocycles. The number of nitrogens with zero attached hydrogens (tertiary/aromatic N) is 4. The van der Waals surface area contributed by atoms with Crippen molar-refractivity contribution in [2.45, 2.75) is 18.9 Å². The van der Waals surface area contributed by atoms with E-state index in [2.05, 4.69) is 22.1 Å². The SMILES string of the molecule is COc1ccc(C(=O)N(CC2CC2)C[C@@H]2CN(C)CCO2)nn1. The summed E-state index contributed by atoms with van der Waals surface area (Å²) in [5, 5.41) is 7.88. The van der Waals surface area contributed by atoms with Crippen molar-refractivity contribution < 1.29 is 14.3 Å². The smallest absolute Gasteiger partial charge is 0.274 e. The van der Waals surface area contributed by atoms with E-state index in [1.54, 1.807) is 12.1 Å². The molecule has 0 N–H and O–H groups in total. The lowest BCUT2D eigenvalue weighted by molar-refractivity contribution is -0.0332. The Balaban J connectivity index is 1.67. The van der Waals surface area contributed by atoms with Gasteiger partial charge in [-0.25, -0.2) is 0 Å². The van der Waals surface area contributed by atoms with Crippen LogP contribution in [0.25, 0.3) is 0 Å². The summed E-state index contributed by atoms with van der Waals surface area (Å²) in [4.78, 5) is 16.9. The first kappa shape index (κ1) is 16.1. The van der Waals surface area contributed by atoms with Gasteiger partial charge in [-0.3, -0.25) is 4.79 Å². The Morgan fingerprint density at radius 3 is 2.83 bits per heavy atom. The van der Waals surface area contributed by atoms with Crippen molar-refractivity contribution in [1.82, 2.24) is 20.0 Å². The van der Waals surface area contributed by atoms with Crippen LogP contribution in [-0.2, 0) is 4.74 Å². The Morgan fingerprint density at radius 1 is 1.39 bits per heavy atom. The Morgan fingerprint density at radius 2 is 2.22 bits per heavy atom. The van der Waals surface area contributed by atoms with E-state index in [4.69, 9.17) is 9.47 Å². The second-order valence-electron chi connectivity index (χ2n) is 6.37. The minimum absolute atomic E-state index is 0.0580. The van der Waals surface area contributed by atoms with Crippen molar-refractivity contribution in [2.75, 3.05) is 46.9 Å². The summed E-state index contributed by atoms with van der Waals surface area (Å²) in [6.07, 6.45) is 2.45. The summed E-state index contributed by atoms with van der Waals surface area (Å²) in [5.41, 5.74) is 0.357. The number of rotatable bonds is 6. The van der Waals surface area contributed by atoms with Crippen molar-refractivity contribution in [3.05, 3.63) is 17.8 Å². The molecule has 1 aliphatic heterocycles. The van der Waals surface area contributed by atoms with Gasteiger partial charge in [0.05, 0.1) is 19.8 Å². The predicted molar refractivity (Wildman–Crippen MR) is 84.4 cm³/mol. The summed E-state index contributed by atoms with van der Waals surface area (Å²) >= 11 is 0. The molecule has 1 saturated carbocycles. The molecule has 0 aromatic carbocycles. The van der Waals surface area contributed by atoms with Crippen LogP contribution in [0.2, 0.25) is 0 Å². The molecule has 3 rings (SSSR count). The van der Waals surface area contributed by atoms with Gasteiger partial charge in [0, 0.05) is 32.2 Å². The van der Waals surface area contributed by atoms with Crippen molar-refractivity contribution in [3.63, 3.8) is 0 Å². The molecule has 2 fully saturated rings. The van der Waals surface area contributed by atoms with Gasteiger partial charge in [-0.15, -0.1) is 10.2 Å². The van der Waals surface area contributed by atoms with Gasteiger partial charge in [0.15, 0.2) is 5.69 Å². The Labute approximate surface area is 136 Å². The molecule has 0 unspecified atom stereocenters. The molecule has 126 valence electrons. The first-order chi connectivity index (χ1) is 11.2. The molecule has 0 spiro atoms. The third kappa shape index (κ3) is 4.39. The average molecular weight is 320 g/mol. The summed E-state index contributed by atoms with van der Waals surface area (Å²) in [6, 6.07) is 3.34. The molecule has 1 saturated heterocycles. The van der Waals surface area contributed by atoms with E-state index in [1.165, 1.54) is 20.0 Å². The molecule has 1 amide bonds. The van der Waals surface area contributed by atoms with E-state index in [1.807, 2.05) is 4.90 Å². The Hall–Kier alpha value is -1.73. The van der Waals surface area contributed by atoms with E-state index in [-0.39, 0.29) is 12.0 Å². The second-order valence-corrected chi connectivity index (χ2v) is 6.37. The number of methoxy groups -OCH3 is 1. The lowest BCUT2D eigenvalue weighted by Crippen LogP contribution is -2.48. The maximum Gasteiger partial charge on any atom is 0.274 e. The Bertz CT molecular complexity index is 533. The minimum Gasteiger partial charge on any atom is -0.480 e. The van der Waals surface area contributed by atoms with Gasteiger partial charge in [-0.1, -0.05) is 0 Å². The normalized spacial score (nSPS) is 21.9. The molecule has 1 aromatic heterocycles. The molecule has 1 aromatic rings. The van der Waals surface area contributed by atoms with Crippen LogP contribution in [0.5, 0.6) is 5.88 Å². The first-order valence-electron chi connectivity index (χ1n) is 8.13. The summed E-state index contributed by atoms with van der Waals surface area (Å²) in [7, 11) is 3.61. The Kier molecular flexibility index (Phi) is 5.07. The molecular weight excluding hydrogens is 296 g/mol. The van der Waals surface area contributed by atoms with Crippen LogP contribution < -0.4 is 4.74 Å². The van der Waals surface area contributed by atoms with E-state index >= 15 is 0 Å². The van der Waals surface area contributed by atoms with Gasteiger partial charge < -0.3 is 19.3 Å². The lowest BCUT2D eigenvalue weighted by Gasteiger charge is -2.33. The molecule has 7 heteroatoms. The third-order valence-electron chi connectivity index (χ3n) is 4.30. The second kappa shape index (κ2) is 7.23. The molecule has 7 nitrogen and oxygen atoms in total. The van der Waals surface area contributed by atoms with Gasteiger partial charge in [-0.2, -0.15) is 0 Å². The number of carbonyl (C=O) groups is 1. The van der Waals surface area contributed by atoms with Crippen LogP contribution in [0.1, 0.15) is 23.3 Å². The highest BCUT2D eigenvalue weighted by atomic mass is 16.5. The number of likely N-dealkylation sites (N-methyl/N-ethyl adjacent to an activating group) is 1. The summed E-state index contributed by atoms with van der Waals surface area (Å²) in [6.45, 7) is 3.89. The number of morpholine rings is 1. The fourth-order valence-corrected chi connectivity index (χ4v) is 2.78. The predicted octanol–water partition coefficient (Wildman–Crippen LogP) is 0.668. The maximum atomic E-state index is 12.8. The molecule has 23 heavy (non-hydrogen) atoms. The zero-order valence-corrected chi connectivity index (χ0v) is 13.8. The van der Waals surface area contributed by atoms with E-state index in [0.717, 1.165) is 26.2 Å². The average Bonchev–Trinajstić information content (AvgIpc) is 3.38. The highest BCUT2D eigenvalue weighted by Gasteiger charge is 2.30. The van der Waals surface area contributed by atoms with Crippen LogP contribution in [0.4, 0.5) is 0 Å². The van der Waals surface area contributed by atoms with Gasteiger partial charge >= 0.3 is 0 Å². The molecular formula is C16H24N4O3. The number of hydrogen-bond acceptors (Lipinski definition) is 6. The van der Waals surface area contributed by atoms with Crippen molar-refractivity contribution in [1.29, 1.82) is 0 Å².